The highest BCUT2D eigenvalue weighted by Gasteiger charge is 2.38. The molecule has 8 nitrogen and oxygen atoms in total. The van der Waals surface area contributed by atoms with E-state index in [4.69, 9.17) is 9.90 Å². The number of hydrogen-bond acceptors (Lipinski definition) is 4. The summed E-state index contributed by atoms with van der Waals surface area (Å²) in [6.07, 6.45) is -1.38. The molecule has 3 heterocycles. The topological polar surface area (TPSA) is 108 Å². The number of Topliss-reactive ketones (excluding diaryl/α,β-unsaturated/α-hetero) is 1. The van der Waals surface area contributed by atoms with Gasteiger partial charge in [-0.25, -0.2) is 9.78 Å². The molecule has 0 saturated carbocycles. The van der Waals surface area contributed by atoms with E-state index in [1.807, 2.05) is 35.7 Å². The second-order valence-electron chi connectivity index (χ2n) is 6.82. The average molecular weight is 438 g/mol. The summed E-state index contributed by atoms with van der Waals surface area (Å²) in [5.41, 5.74) is 4.26. The Kier molecular flexibility index (Phi) is 6.88. The number of amides is 1. The molecule has 2 N–H and O–H groups in total. The second-order valence-corrected chi connectivity index (χ2v) is 6.82. The van der Waals surface area contributed by atoms with Crippen LogP contribution in [0.25, 0.3) is 5.65 Å². The van der Waals surface area contributed by atoms with Crippen LogP contribution in [0.2, 0.25) is 0 Å². The van der Waals surface area contributed by atoms with E-state index in [2.05, 4.69) is 9.97 Å². The number of imidazole rings is 1. The number of halogens is 3. The van der Waals surface area contributed by atoms with E-state index in [0.29, 0.717) is 29.1 Å². The minimum absolute atomic E-state index is 0.0703. The van der Waals surface area contributed by atoms with Gasteiger partial charge in [-0.05, 0) is 31.5 Å². The number of carbonyl (C=O) groups is 3. The lowest BCUT2D eigenvalue weighted by molar-refractivity contribution is -0.192. The molecule has 11 heteroatoms. The molecule has 0 atom stereocenters. The third kappa shape index (κ3) is 5.30. The summed E-state index contributed by atoms with van der Waals surface area (Å²) < 4.78 is 33.7. The second kappa shape index (κ2) is 9.02. The van der Waals surface area contributed by atoms with Crippen molar-refractivity contribution in [2.75, 3.05) is 7.05 Å². The number of aromatic amines is 1. The van der Waals surface area contributed by atoms with Crippen LogP contribution in [-0.2, 0) is 11.3 Å². The number of hydrogen-bond donors (Lipinski definition) is 2. The molecule has 0 radical (unpaired) electrons. The lowest BCUT2D eigenvalue weighted by Crippen LogP contribution is -2.27. The first-order valence-electron chi connectivity index (χ1n) is 9.01. The largest absolute Gasteiger partial charge is 0.490 e. The molecular formula is C20H21F3N4O4. The van der Waals surface area contributed by atoms with Gasteiger partial charge in [-0.3, -0.25) is 9.59 Å². The fourth-order valence-electron chi connectivity index (χ4n) is 3.03. The highest BCUT2D eigenvalue weighted by atomic mass is 19.4. The first kappa shape index (κ1) is 23.6. The first-order valence-corrected chi connectivity index (χ1v) is 9.01. The van der Waals surface area contributed by atoms with Crippen molar-refractivity contribution >= 4 is 23.3 Å². The molecule has 0 bridgehead atoms. The van der Waals surface area contributed by atoms with Crippen molar-refractivity contribution in [2.45, 2.75) is 33.5 Å². The number of aliphatic carboxylic acids is 1. The summed E-state index contributed by atoms with van der Waals surface area (Å²) in [6.45, 7) is 5.54. The Bertz CT molecular complexity index is 1130. The molecule has 31 heavy (non-hydrogen) atoms. The number of ketones is 1. The number of carbonyl (C=O) groups excluding carboxylic acids is 2. The van der Waals surface area contributed by atoms with Crippen molar-refractivity contribution < 1.29 is 32.7 Å². The van der Waals surface area contributed by atoms with Gasteiger partial charge in [0.25, 0.3) is 5.91 Å². The maximum Gasteiger partial charge on any atom is 0.490 e. The van der Waals surface area contributed by atoms with Crippen molar-refractivity contribution in [2.24, 2.45) is 0 Å². The summed E-state index contributed by atoms with van der Waals surface area (Å²) in [4.78, 5) is 42.4. The molecule has 166 valence electrons. The Balaban J connectivity index is 0.000000423. The van der Waals surface area contributed by atoms with Crippen molar-refractivity contribution in [3.05, 3.63) is 58.8 Å². The third-order valence-corrected chi connectivity index (χ3v) is 4.49. The molecule has 0 saturated heterocycles. The fraction of sp³-hybridized carbons (Fsp3) is 0.300. The number of H-pyrrole nitrogens is 1. The average Bonchev–Trinajstić information content (AvgIpc) is 3.21. The van der Waals surface area contributed by atoms with E-state index >= 15 is 0 Å². The van der Waals surface area contributed by atoms with Crippen LogP contribution < -0.4 is 0 Å². The van der Waals surface area contributed by atoms with Crippen molar-refractivity contribution in [1.29, 1.82) is 0 Å². The normalized spacial score (nSPS) is 11.1. The van der Waals surface area contributed by atoms with Gasteiger partial charge in [-0.15, -0.1) is 0 Å². The van der Waals surface area contributed by atoms with Gasteiger partial charge in [0, 0.05) is 25.9 Å². The van der Waals surface area contributed by atoms with Gasteiger partial charge in [0.2, 0.25) is 0 Å². The Morgan fingerprint density at radius 1 is 1.23 bits per heavy atom. The first-order chi connectivity index (χ1) is 14.3. The molecule has 0 aromatic carbocycles. The number of nitrogens with zero attached hydrogens (tertiary/aromatic N) is 3. The molecular weight excluding hydrogens is 417 g/mol. The van der Waals surface area contributed by atoms with Gasteiger partial charge >= 0.3 is 12.1 Å². The quantitative estimate of drug-likeness (QED) is 0.607. The molecule has 0 aliphatic rings. The number of carboxylic acids is 1. The predicted octanol–water partition coefficient (Wildman–Crippen LogP) is 3.39. The zero-order valence-corrected chi connectivity index (χ0v) is 17.2. The zero-order valence-electron chi connectivity index (χ0n) is 17.2. The highest BCUT2D eigenvalue weighted by Crippen LogP contribution is 2.21. The molecule has 1 amide bonds. The maximum absolute atomic E-state index is 12.8. The van der Waals surface area contributed by atoms with Crippen molar-refractivity contribution in [3.63, 3.8) is 0 Å². The van der Waals surface area contributed by atoms with E-state index in [0.717, 1.165) is 11.3 Å². The Hall–Kier alpha value is -3.63. The minimum atomic E-state index is -5.08. The van der Waals surface area contributed by atoms with Gasteiger partial charge in [0.05, 0.1) is 29.7 Å². The van der Waals surface area contributed by atoms with Crippen LogP contribution >= 0.6 is 0 Å². The lowest BCUT2D eigenvalue weighted by Gasteiger charge is -2.17. The van der Waals surface area contributed by atoms with Gasteiger partial charge in [0.15, 0.2) is 5.78 Å². The lowest BCUT2D eigenvalue weighted by atomic mass is 10.1. The van der Waals surface area contributed by atoms with E-state index < -0.39 is 12.1 Å². The number of carboxylic acid groups (broad SMARTS) is 1. The van der Waals surface area contributed by atoms with Crippen LogP contribution in [0, 0.1) is 13.8 Å². The molecule has 0 aliphatic heterocycles. The third-order valence-electron chi connectivity index (χ3n) is 4.49. The number of fused-ring (bicyclic) bond motifs is 1. The number of pyridine rings is 1. The standard InChI is InChI=1S/C18H20N4O2.C2HF3O2/c1-11-16(12(2)20-17(11)13(3)23)18(24)21(4)10-14-9-19-15-7-5-6-8-22(14)15;3-2(4,5)1(6)7/h5-9,20H,10H2,1-4H3;(H,6,7). The summed E-state index contributed by atoms with van der Waals surface area (Å²) in [6, 6.07) is 5.78. The van der Waals surface area contributed by atoms with Gasteiger partial charge in [-0.1, -0.05) is 6.07 Å². The predicted molar refractivity (Wildman–Crippen MR) is 105 cm³/mol. The minimum Gasteiger partial charge on any atom is -0.475 e. The molecule has 0 aliphatic carbocycles. The zero-order chi connectivity index (χ0) is 23.5. The van der Waals surface area contributed by atoms with E-state index in [1.165, 1.54) is 6.92 Å². The van der Waals surface area contributed by atoms with Crippen LogP contribution in [0.15, 0.2) is 30.6 Å². The van der Waals surface area contributed by atoms with E-state index in [1.54, 1.807) is 25.1 Å². The number of aromatic nitrogens is 3. The Morgan fingerprint density at radius 3 is 2.35 bits per heavy atom. The van der Waals surface area contributed by atoms with Crippen LogP contribution in [0.3, 0.4) is 0 Å². The van der Waals surface area contributed by atoms with E-state index in [-0.39, 0.29) is 11.7 Å². The van der Waals surface area contributed by atoms with Crippen molar-refractivity contribution in [3.8, 4) is 0 Å². The summed E-state index contributed by atoms with van der Waals surface area (Å²) in [5.74, 6) is -2.94. The monoisotopic (exact) mass is 438 g/mol. The maximum atomic E-state index is 12.8. The Labute approximate surface area is 175 Å². The number of rotatable bonds is 4. The molecule has 3 rings (SSSR count). The van der Waals surface area contributed by atoms with Crippen molar-refractivity contribution in [1.82, 2.24) is 19.3 Å². The van der Waals surface area contributed by atoms with Crippen LogP contribution in [0.5, 0.6) is 0 Å². The molecule has 3 aromatic rings. The number of aryl methyl sites for hydroxylation is 1. The van der Waals surface area contributed by atoms with Crippen LogP contribution in [0.4, 0.5) is 13.2 Å². The number of alkyl halides is 3. The van der Waals surface area contributed by atoms with Crippen LogP contribution in [-0.4, -0.2) is 55.3 Å². The molecule has 0 spiro atoms. The summed E-state index contributed by atoms with van der Waals surface area (Å²) >= 11 is 0. The molecule has 0 unspecified atom stereocenters. The van der Waals surface area contributed by atoms with Crippen LogP contribution in [0.1, 0.15) is 44.7 Å². The van der Waals surface area contributed by atoms with Gasteiger partial charge < -0.3 is 19.4 Å². The molecule has 3 aromatic heterocycles. The summed E-state index contributed by atoms with van der Waals surface area (Å²) in [5, 5.41) is 7.12. The number of nitrogens with one attached hydrogen (secondary N) is 1. The van der Waals surface area contributed by atoms with Gasteiger partial charge in [-0.2, -0.15) is 13.2 Å². The Morgan fingerprint density at radius 2 is 1.84 bits per heavy atom. The smallest absolute Gasteiger partial charge is 0.475 e. The fourth-order valence-corrected chi connectivity index (χ4v) is 3.03. The van der Waals surface area contributed by atoms with E-state index in [9.17, 15) is 22.8 Å². The SMILES string of the molecule is CC(=O)c1[nH]c(C)c(C(=O)N(C)Cc2cnc3ccccn23)c1C.O=C(O)C(F)(F)F. The molecule has 0 fully saturated rings. The van der Waals surface area contributed by atoms with Gasteiger partial charge in [0.1, 0.15) is 5.65 Å². The highest BCUT2D eigenvalue weighted by molar-refractivity contribution is 6.02. The summed E-state index contributed by atoms with van der Waals surface area (Å²) in [7, 11) is 1.75.